The fourth-order valence-electron chi connectivity index (χ4n) is 2.77. The number of methoxy groups -OCH3 is 1. The lowest BCUT2D eigenvalue weighted by atomic mass is 10.2. The third-order valence-electron chi connectivity index (χ3n) is 4.11. The van der Waals surface area contributed by atoms with Crippen LogP contribution in [0.25, 0.3) is 0 Å². The Balaban J connectivity index is 1.50. The number of piperazine rings is 1. The third kappa shape index (κ3) is 3.88. The van der Waals surface area contributed by atoms with Crippen molar-refractivity contribution >= 4 is 5.91 Å². The van der Waals surface area contributed by atoms with Gasteiger partial charge in [-0.3, -0.25) is 9.69 Å². The first-order valence-electron chi connectivity index (χ1n) is 7.80. The van der Waals surface area contributed by atoms with E-state index in [1.165, 1.54) is 30.5 Å². The molecule has 0 unspecified atom stereocenters. The van der Waals surface area contributed by atoms with Crippen LogP contribution in [-0.4, -0.2) is 63.8 Å². The molecule has 0 saturated carbocycles. The van der Waals surface area contributed by atoms with E-state index >= 15 is 0 Å². The number of aromatic nitrogens is 3. The van der Waals surface area contributed by atoms with Crippen LogP contribution in [0.5, 0.6) is 5.75 Å². The van der Waals surface area contributed by atoms with E-state index in [0.717, 1.165) is 18.7 Å². The van der Waals surface area contributed by atoms with Crippen molar-refractivity contribution in [3.63, 3.8) is 0 Å². The highest BCUT2D eigenvalue weighted by Crippen LogP contribution is 2.19. The molecule has 7 nitrogen and oxygen atoms in total. The molecule has 0 spiro atoms. The summed E-state index contributed by atoms with van der Waals surface area (Å²) in [5, 5.41) is 3.95. The Labute approximate surface area is 139 Å². The Morgan fingerprint density at radius 1 is 1.29 bits per heavy atom. The van der Waals surface area contributed by atoms with Gasteiger partial charge in [0.25, 0.3) is 0 Å². The topological polar surface area (TPSA) is 63.5 Å². The molecular formula is C16H20FN5O2. The SMILES string of the molecule is COc1ccc(CN2CCN(C(=O)Cn3cncn3)CC2)cc1F. The molecule has 1 fully saturated rings. The average Bonchev–Trinajstić information content (AvgIpc) is 3.08. The molecule has 0 bridgehead atoms. The van der Waals surface area contributed by atoms with Crippen molar-refractivity contribution < 1.29 is 13.9 Å². The van der Waals surface area contributed by atoms with E-state index in [9.17, 15) is 9.18 Å². The molecule has 24 heavy (non-hydrogen) atoms. The van der Waals surface area contributed by atoms with Gasteiger partial charge >= 0.3 is 0 Å². The number of hydrogen-bond acceptors (Lipinski definition) is 5. The molecule has 128 valence electrons. The van der Waals surface area contributed by atoms with Gasteiger partial charge in [-0.15, -0.1) is 0 Å². The largest absolute Gasteiger partial charge is 0.494 e. The molecule has 2 aromatic rings. The summed E-state index contributed by atoms with van der Waals surface area (Å²) in [4.78, 5) is 20.1. The maximum atomic E-state index is 13.7. The van der Waals surface area contributed by atoms with Crippen molar-refractivity contribution in [2.45, 2.75) is 13.1 Å². The second-order valence-electron chi connectivity index (χ2n) is 5.72. The Bertz CT molecular complexity index is 684. The van der Waals surface area contributed by atoms with E-state index in [-0.39, 0.29) is 24.0 Å². The summed E-state index contributed by atoms with van der Waals surface area (Å²) in [7, 11) is 1.45. The van der Waals surface area contributed by atoms with Gasteiger partial charge in [0, 0.05) is 32.7 Å². The van der Waals surface area contributed by atoms with Crippen molar-refractivity contribution in [2.75, 3.05) is 33.3 Å². The molecule has 1 amide bonds. The second-order valence-corrected chi connectivity index (χ2v) is 5.72. The van der Waals surface area contributed by atoms with Crippen LogP contribution in [0.1, 0.15) is 5.56 Å². The predicted molar refractivity (Wildman–Crippen MR) is 84.8 cm³/mol. The molecule has 1 saturated heterocycles. The quantitative estimate of drug-likeness (QED) is 0.809. The lowest BCUT2D eigenvalue weighted by Crippen LogP contribution is -2.49. The van der Waals surface area contributed by atoms with Crippen molar-refractivity contribution in [2.24, 2.45) is 0 Å². The van der Waals surface area contributed by atoms with Gasteiger partial charge in [-0.05, 0) is 17.7 Å². The molecule has 1 aliphatic heterocycles. The normalized spacial score (nSPS) is 15.5. The highest BCUT2D eigenvalue weighted by molar-refractivity contribution is 5.76. The van der Waals surface area contributed by atoms with Crippen LogP contribution in [0.4, 0.5) is 4.39 Å². The standard InChI is InChI=1S/C16H20FN5O2/c1-24-15-3-2-13(8-14(15)17)9-20-4-6-21(7-5-20)16(23)10-22-12-18-11-19-22/h2-3,8,11-12H,4-7,9-10H2,1H3. The number of carbonyl (C=O) groups is 1. The minimum Gasteiger partial charge on any atom is -0.494 e. The summed E-state index contributed by atoms with van der Waals surface area (Å²) in [5.41, 5.74) is 0.899. The Morgan fingerprint density at radius 3 is 2.71 bits per heavy atom. The van der Waals surface area contributed by atoms with Gasteiger partial charge in [0.2, 0.25) is 5.91 Å². The maximum Gasteiger partial charge on any atom is 0.244 e. The van der Waals surface area contributed by atoms with E-state index < -0.39 is 0 Å². The third-order valence-corrected chi connectivity index (χ3v) is 4.11. The zero-order valence-corrected chi connectivity index (χ0v) is 13.6. The Morgan fingerprint density at radius 2 is 2.08 bits per heavy atom. The number of rotatable bonds is 5. The molecule has 1 aromatic heterocycles. The predicted octanol–water partition coefficient (Wildman–Crippen LogP) is 0.770. The molecular weight excluding hydrogens is 313 g/mol. The number of halogens is 1. The van der Waals surface area contributed by atoms with Gasteiger partial charge in [0.15, 0.2) is 11.6 Å². The zero-order chi connectivity index (χ0) is 16.9. The lowest BCUT2D eigenvalue weighted by Gasteiger charge is -2.34. The minimum absolute atomic E-state index is 0.0376. The van der Waals surface area contributed by atoms with E-state index in [4.69, 9.17) is 4.74 Å². The summed E-state index contributed by atoms with van der Waals surface area (Å²) >= 11 is 0. The first kappa shape index (κ1) is 16.4. The van der Waals surface area contributed by atoms with Gasteiger partial charge in [-0.25, -0.2) is 14.1 Å². The Kier molecular flexibility index (Phi) is 5.05. The molecule has 2 heterocycles. The Hall–Kier alpha value is -2.48. The van der Waals surface area contributed by atoms with Crippen molar-refractivity contribution in [3.8, 4) is 5.75 Å². The number of ether oxygens (including phenoxy) is 1. The summed E-state index contributed by atoms with van der Waals surface area (Å²) in [6, 6.07) is 5.01. The smallest absolute Gasteiger partial charge is 0.244 e. The lowest BCUT2D eigenvalue weighted by molar-refractivity contribution is -0.133. The van der Waals surface area contributed by atoms with E-state index in [1.54, 1.807) is 6.07 Å². The minimum atomic E-state index is -0.350. The second kappa shape index (κ2) is 7.39. The van der Waals surface area contributed by atoms with Gasteiger partial charge < -0.3 is 9.64 Å². The molecule has 0 aliphatic carbocycles. The summed E-state index contributed by atoms with van der Waals surface area (Å²) in [5.74, 6) is -0.0606. The van der Waals surface area contributed by atoms with Crippen LogP contribution < -0.4 is 4.74 Å². The molecule has 8 heteroatoms. The first-order chi connectivity index (χ1) is 11.7. The van der Waals surface area contributed by atoms with Crippen LogP contribution in [0.2, 0.25) is 0 Å². The first-order valence-corrected chi connectivity index (χ1v) is 7.80. The van der Waals surface area contributed by atoms with Gasteiger partial charge in [-0.2, -0.15) is 5.10 Å². The van der Waals surface area contributed by atoms with Gasteiger partial charge in [-0.1, -0.05) is 6.07 Å². The van der Waals surface area contributed by atoms with E-state index in [1.807, 2.05) is 11.0 Å². The number of benzene rings is 1. The summed E-state index contributed by atoms with van der Waals surface area (Å²) in [6.07, 6.45) is 2.95. The van der Waals surface area contributed by atoms with Crippen molar-refractivity contribution in [1.82, 2.24) is 24.6 Å². The molecule has 0 atom stereocenters. The number of hydrogen-bond donors (Lipinski definition) is 0. The van der Waals surface area contributed by atoms with Crippen LogP contribution in [0.3, 0.4) is 0 Å². The molecule has 1 aromatic carbocycles. The molecule has 3 rings (SSSR count). The fraction of sp³-hybridized carbons (Fsp3) is 0.438. The fourth-order valence-corrected chi connectivity index (χ4v) is 2.77. The summed E-state index contributed by atoms with van der Waals surface area (Å²) < 4.78 is 20.2. The van der Waals surface area contributed by atoms with Gasteiger partial charge in [0.05, 0.1) is 7.11 Å². The van der Waals surface area contributed by atoms with Crippen LogP contribution >= 0.6 is 0 Å². The van der Waals surface area contributed by atoms with Crippen LogP contribution in [0.15, 0.2) is 30.9 Å². The molecule has 0 radical (unpaired) electrons. The van der Waals surface area contributed by atoms with E-state index in [0.29, 0.717) is 19.6 Å². The van der Waals surface area contributed by atoms with Gasteiger partial charge in [0.1, 0.15) is 19.2 Å². The highest BCUT2D eigenvalue weighted by atomic mass is 19.1. The van der Waals surface area contributed by atoms with E-state index in [2.05, 4.69) is 15.0 Å². The highest BCUT2D eigenvalue weighted by Gasteiger charge is 2.21. The maximum absolute atomic E-state index is 13.7. The number of nitrogens with zero attached hydrogens (tertiary/aromatic N) is 5. The monoisotopic (exact) mass is 333 g/mol. The molecule has 0 N–H and O–H groups in total. The molecule has 1 aliphatic rings. The van der Waals surface area contributed by atoms with Crippen LogP contribution in [-0.2, 0) is 17.9 Å². The zero-order valence-electron chi connectivity index (χ0n) is 13.6. The average molecular weight is 333 g/mol. The van der Waals surface area contributed by atoms with Crippen LogP contribution in [0, 0.1) is 5.82 Å². The van der Waals surface area contributed by atoms with Crippen molar-refractivity contribution in [3.05, 3.63) is 42.2 Å². The van der Waals surface area contributed by atoms with Crippen molar-refractivity contribution in [1.29, 1.82) is 0 Å². The number of carbonyl (C=O) groups excluding carboxylic acids is 1. The summed E-state index contributed by atoms with van der Waals surface area (Å²) in [6.45, 7) is 3.71. The number of amides is 1.